The lowest BCUT2D eigenvalue weighted by molar-refractivity contribution is -0.147. The summed E-state index contributed by atoms with van der Waals surface area (Å²) in [5.74, 6) is -0.812. The molecule has 0 aliphatic carbocycles. The van der Waals surface area contributed by atoms with Crippen LogP contribution in [0.15, 0.2) is 10.9 Å². The number of methoxy groups -OCH3 is 1. The van der Waals surface area contributed by atoms with Crippen molar-refractivity contribution in [3.63, 3.8) is 0 Å². The monoisotopic (exact) mass is 375 g/mol. The molecule has 0 saturated carbocycles. The normalized spacial score (nSPS) is 16.4. The van der Waals surface area contributed by atoms with Crippen LogP contribution in [0.4, 0.5) is 13.2 Å². The SMILES string of the molecule is COC(=O)C(CC(C)C)n1nc(CCN2CCC2)cc(C(F)(F)F)c1=O. The van der Waals surface area contributed by atoms with Crippen LogP contribution in [0.5, 0.6) is 0 Å². The number of rotatable bonds is 7. The topological polar surface area (TPSA) is 64.4 Å². The molecule has 26 heavy (non-hydrogen) atoms. The Kier molecular flexibility index (Phi) is 6.44. The van der Waals surface area contributed by atoms with Crippen LogP contribution in [0.25, 0.3) is 0 Å². The van der Waals surface area contributed by atoms with Crippen LogP contribution in [-0.4, -0.2) is 47.4 Å². The van der Waals surface area contributed by atoms with Crippen LogP contribution >= 0.6 is 0 Å². The molecule has 1 aliphatic heterocycles. The van der Waals surface area contributed by atoms with Crippen molar-refractivity contribution in [3.8, 4) is 0 Å². The summed E-state index contributed by atoms with van der Waals surface area (Å²) in [4.78, 5) is 26.6. The summed E-state index contributed by atoms with van der Waals surface area (Å²) >= 11 is 0. The first-order valence-electron chi connectivity index (χ1n) is 8.63. The number of esters is 1. The maximum Gasteiger partial charge on any atom is 0.421 e. The lowest BCUT2D eigenvalue weighted by atomic mass is 10.0. The van der Waals surface area contributed by atoms with E-state index in [1.165, 1.54) is 0 Å². The lowest BCUT2D eigenvalue weighted by Crippen LogP contribution is -2.40. The molecule has 0 N–H and O–H groups in total. The molecule has 9 heteroatoms. The van der Waals surface area contributed by atoms with Gasteiger partial charge in [-0.25, -0.2) is 9.48 Å². The second-order valence-corrected chi connectivity index (χ2v) is 6.91. The number of carbonyl (C=O) groups is 1. The van der Waals surface area contributed by atoms with Gasteiger partial charge in [-0.15, -0.1) is 0 Å². The van der Waals surface area contributed by atoms with Crippen molar-refractivity contribution < 1.29 is 22.7 Å². The van der Waals surface area contributed by atoms with Gasteiger partial charge in [0, 0.05) is 13.0 Å². The quantitative estimate of drug-likeness (QED) is 0.684. The van der Waals surface area contributed by atoms with E-state index in [-0.39, 0.29) is 24.5 Å². The molecule has 2 rings (SSSR count). The van der Waals surface area contributed by atoms with Gasteiger partial charge in [-0.1, -0.05) is 13.8 Å². The van der Waals surface area contributed by atoms with Crippen molar-refractivity contribution >= 4 is 5.97 Å². The molecule has 1 unspecified atom stereocenters. The van der Waals surface area contributed by atoms with Gasteiger partial charge in [0.25, 0.3) is 5.56 Å². The Morgan fingerprint density at radius 3 is 2.46 bits per heavy atom. The molecule has 1 aromatic heterocycles. The van der Waals surface area contributed by atoms with Crippen molar-refractivity contribution in [2.45, 2.75) is 45.3 Å². The lowest BCUT2D eigenvalue weighted by Gasteiger charge is -2.30. The van der Waals surface area contributed by atoms with E-state index in [4.69, 9.17) is 0 Å². The van der Waals surface area contributed by atoms with Crippen molar-refractivity contribution in [2.75, 3.05) is 26.7 Å². The first-order chi connectivity index (χ1) is 12.1. The highest BCUT2D eigenvalue weighted by atomic mass is 19.4. The third-order valence-corrected chi connectivity index (χ3v) is 4.39. The number of nitrogens with zero attached hydrogens (tertiary/aromatic N) is 3. The summed E-state index contributed by atoms with van der Waals surface area (Å²) in [6.07, 6.45) is -3.31. The molecule has 0 bridgehead atoms. The molecular formula is C17H24F3N3O3. The molecule has 0 radical (unpaired) electrons. The molecule has 1 aliphatic rings. The molecule has 1 atom stereocenters. The fraction of sp³-hybridized carbons (Fsp3) is 0.706. The van der Waals surface area contributed by atoms with Crippen LogP contribution in [0, 0.1) is 5.92 Å². The predicted octanol–water partition coefficient (Wildman–Crippen LogP) is 2.27. The summed E-state index contributed by atoms with van der Waals surface area (Å²) in [6, 6.07) is -0.389. The van der Waals surface area contributed by atoms with Gasteiger partial charge in [-0.3, -0.25) is 4.79 Å². The van der Waals surface area contributed by atoms with Gasteiger partial charge >= 0.3 is 12.1 Å². The third kappa shape index (κ3) is 4.84. The largest absolute Gasteiger partial charge is 0.467 e. The Morgan fingerprint density at radius 2 is 2.00 bits per heavy atom. The van der Waals surface area contributed by atoms with Crippen LogP contribution in [0.2, 0.25) is 0 Å². The van der Waals surface area contributed by atoms with E-state index in [0.717, 1.165) is 32.7 Å². The first-order valence-corrected chi connectivity index (χ1v) is 8.63. The Balaban J connectivity index is 2.46. The standard InChI is InChI=1S/C17H24F3N3O3/c1-11(2)9-14(16(25)26-3)23-15(24)13(17(18,19)20)10-12(21-23)5-8-22-6-4-7-22/h10-11,14H,4-9H2,1-3H3. The highest BCUT2D eigenvalue weighted by molar-refractivity contribution is 5.73. The van der Waals surface area contributed by atoms with Gasteiger partial charge in [-0.2, -0.15) is 18.3 Å². The molecule has 1 aromatic rings. The van der Waals surface area contributed by atoms with E-state index in [2.05, 4.69) is 14.7 Å². The minimum atomic E-state index is -4.81. The Hall–Kier alpha value is -1.90. The van der Waals surface area contributed by atoms with Crippen molar-refractivity contribution in [1.82, 2.24) is 14.7 Å². The molecule has 1 fully saturated rings. The third-order valence-electron chi connectivity index (χ3n) is 4.39. The van der Waals surface area contributed by atoms with Gasteiger partial charge in [-0.05, 0) is 37.9 Å². The van der Waals surface area contributed by atoms with Crippen molar-refractivity contribution in [3.05, 3.63) is 27.7 Å². The zero-order valence-corrected chi connectivity index (χ0v) is 15.2. The number of aromatic nitrogens is 2. The van der Waals surface area contributed by atoms with Gasteiger partial charge in [0.1, 0.15) is 5.56 Å². The summed E-state index contributed by atoms with van der Waals surface area (Å²) < 4.78 is 45.3. The van der Waals surface area contributed by atoms with Crippen LogP contribution in [0.1, 0.15) is 44.0 Å². The smallest absolute Gasteiger partial charge is 0.421 e. The van der Waals surface area contributed by atoms with Gasteiger partial charge in [0.15, 0.2) is 6.04 Å². The summed E-state index contributed by atoms with van der Waals surface area (Å²) in [5.41, 5.74) is -2.48. The molecule has 2 heterocycles. The van der Waals surface area contributed by atoms with E-state index < -0.39 is 29.3 Å². The van der Waals surface area contributed by atoms with E-state index in [1.54, 1.807) is 13.8 Å². The maximum absolute atomic E-state index is 13.3. The van der Waals surface area contributed by atoms with Crippen LogP contribution in [0.3, 0.4) is 0 Å². The number of hydrogen-bond donors (Lipinski definition) is 0. The molecule has 0 aromatic carbocycles. The highest BCUT2D eigenvalue weighted by Crippen LogP contribution is 2.28. The number of carbonyl (C=O) groups excluding carboxylic acids is 1. The zero-order chi connectivity index (χ0) is 19.5. The first kappa shape index (κ1) is 20.4. The van der Waals surface area contributed by atoms with Crippen molar-refractivity contribution in [2.24, 2.45) is 5.92 Å². The van der Waals surface area contributed by atoms with Crippen molar-refractivity contribution in [1.29, 1.82) is 0 Å². The molecular weight excluding hydrogens is 351 g/mol. The number of ether oxygens (including phenoxy) is 1. The van der Waals surface area contributed by atoms with Crippen LogP contribution in [-0.2, 0) is 22.1 Å². The summed E-state index contributed by atoms with van der Waals surface area (Å²) in [5, 5.41) is 4.08. The van der Waals surface area contributed by atoms with E-state index in [9.17, 15) is 22.8 Å². The summed E-state index contributed by atoms with van der Waals surface area (Å²) in [7, 11) is 1.14. The zero-order valence-electron chi connectivity index (χ0n) is 15.2. The minimum absolute atomic E-state index is 0.0353. The fourth-order valence-electron chi connectivity index (χ4n) is 2.86. The fourth-order valence-corrected chi connectivity index (χ4v) is 2.86. The van der Waals surface area contributed by atoms with E-state index in [1.807, 2.05) is 0 Å². The number of likely N-dealkylation sites (tertiary alicyclic amines) is 1. The highest BCUT2D eigenvalue weighted by Gasteiger charge is 2.37. The minimum Gasteiger partial charge on any atom is -0.467 e. The van der Waals surface area contributed by atoms with E-state index in [0.29, 0.717) is 11.2 Å². The number of hydrogen-bond acceptors (Lipinski definition) is 5. The average molecular weight is 375 g/mol. The second-order valence-electron chi connectivity index (χ2n) is 6.91. The number of halogens is 3. The van der Waals surface area contributed by atoms with Gasteiger partial charge < -0.3 is 9.64 Å². The van der Waals surface area contributed by atoms with E-state index >= 15 is 0 Å². The molecule has 1 saturated heterocycles. The Morgan fingerprint density at radius 1 is 1.35 bits per heavy atom. The maximum atomic E-state index is 13.3. The second kappa shape index (κ2) is 8.20. The predicted molar refractivity (Wildman–Crippen MR) is 88.8 cm³/mol. The summed E-state index contributed by atoms with van der Waals surface area (Å²) in [6.45, 7) is 5.99. The Labute approximate surface area is 149 Å². The van der Waals surface area contributed by atoms with Gasteiger partial charge in [0.2, 0.25) is 0 Å². The van der Waals surface area contributed by atoms with Gasteiger partial charge in [0.05, 0.1) is 12.8 Å². The Bertz CT molecular complexity index is 697. The molecule has 0 amide bonds. The van der Waals surface area contributed by atoms with Crippen LogP contribution < -0.4 is 5.56 Å². The molecule has 146 valence electrons. The molecule has 0 spiro atoms. The number of alkyl halides is 3. The molecule has 6 nitrogen and oxygen atoms in total. The average Bonchev–Trinajstić information content (AvgIpc) is 2.50.